The van der Waals surface area contributed by atoms with E-state index in [1.807, 2.05) is 5.10 Å². The smallest absolute Gasteiger partial charge is 0.376 e. The molecule has 0 aliphatic rings. The monoisotopic (exact) mass is 115 g/mol. The van der Waals surface area contributed by atoms with Gasteiger partial charge in [0.1, 0.15) is 0 Å². The number of nitrogens with zero attached hydrogens (tertiary/aromatic N) is 2. The summed E-state index contributed by atoms with van der Waals surface area (Å²) in [5.74, 6) is 0.259. The fraction of sp³-hybridized carbons (Fsp3) is 0.333. The third-order valence-electron chi connectivity index (χ3n) is 0.812. The molecule has 0 aromatic carbocycles. The lowest BCUT2D eigenvalue weighted by Gasteiger charge is -1.82. The molecule has 0 spiro atoms. The topological polar surface area (TPSA) is 70.9 Å². The molecule has 0 unspecified atom stereocenters. The van der Waals surface area contributed by atoms with Crippen molar-refractivity contribution in [2.75, 3.05) is 0 Å². The Kier molecular flexibility index (Phi) is 0.831. The molecule has 8 heavy (non-hydrogen) atoms. The Hall–Kier alpha value is -1.26. The van der Waals surface area contributed by atoms with Crippen molar-refractivity contribution in [3.63, 3.8) is 0 Å². The van der Waals surface area contributed by atoms with Gasteiger partial charge in [-0.2, -0.15) is 5.10 Å². The fourth-order valence-electron chi connectivity index (χ4n) is 0.370. The fourth-order valence-corrected chi connectivity index (χ4v) is 0.370. The minimum absolute atomic E-state index is 0.259. The third kappa shape index (κ3) is 0.481. The lowest BCUT2D eigenvalue weighted by atomic mass is 10.7. The number of aromatic amines is 1. The van der Waals surface area contributed by atoms with Crippen LogP contribution in [-0.2, 0) is 0 Å². The van der Waals surface area contributed by atoms with Crippen molar-refractivity contribution in [2.45, 2.75) is 6.92 Å². The van der Waals surface area contributed by atoms with Gasteiger partial charge >= 0.3 is 5.69 Å². The Morgan fingerprint density at radius 3 is 2.62 bits per heavy atom. The second kappa shape index (κ2) is 1.36. The van der Waals surface area contributed by atoms with E-state index < -0.39 is 5.69 Å². The first-order chi connectivity index (χ1) is 3.72. The standard InChI is InChI=1S/C3H5N3O2/c1-2-4-5-3(7)6(2)8/h8H,1H3,(H,5,7). The molecule has 0 amide bonds. The summed E-state index contributed by atoms with van der Waals surface area (Å²) in [6.07, 6.45) is 0. The average Bonchev–Trinajstić information content (AvgIpc) is 1.98. The molecular weight excluding hydrogens is 110 g/mol. The van der Waals surface area contributed by atoms with Crippen molar-refractivity contribution in [1.29, 1.82) is 0 Å². The van der Waals surface area contributed by atoms with Crippen LogP contribution in [0.5, 0.6) is 0 Å². The number of aryl methyl sites for hydroxylation is 1. The van der Waals surface area contributed by atoms with Gasteiger partial charge in [0.2, 0.25) is 0 Å². The summed E-state index contributed by atoms with van der Waals surface area (Å²) >= 11 is 0. The Bertz CT molecular complexity index is 235. The lowest BCUT2D eigenvalue weighted by Crippen LogP contribution is -2.14. The second-order valence-electron chi connectivity index (χ2n) is 1.39. The molecule has 0 atom stereocenters. The Morgan fingerprint density at radius 1 is 1.88 bits per heavy atom. The number of nitrogens with one attached hydrogen (secondary N) is 1. The molecule has 5 nitrogen and oxygen atoms in total. The molecule has 1 heterocycles. The molecule has 44 valence electrons. The van der Waals surface area contributed by atoms with Crippen LogP contribution in [0.25, 0.3) is 0 Å². The van der Waals surface area contributed by atoms with Gasteiger partial charge in [-0.15, -0.1) is 4.73 Å². The molecule has 0 fully saturated rings. The molecule has 1 aromatic heterocycles. The number of hydrogen-bond donors (Lipinski definition) is 2. The highest BCUT2D eigenvalue weighted by Gasteiger charge is 1.96. The summed E-state index contributed by atoms with van der Waals surface area (Å²) in [6, 6.07) is 0. The summed E-state index contributed by atoms with van der Waals surface area (Å²) in [6.45, 7) is 1.51. The van der Waals surface area contributed by atoms with Crippen LogP contribution in [0.4, 0.5) is 0 Å². The van der Waals surface area contributed by atoms with Gasteiger partial charge in [-0.05, 0) is 6.92 Å². The van der Waals surface area contributed by atoms with E-state index in [1.165, 1.54) is 6.92 Å². The van der Waals surface area contributed by atoms with Gasteiger partial charge in [0.15, 0.2) is 5.82 Å². The lowest BCUT2D eigenvalue weighted by molar-refractivity contribution is 0.168. The summed E-state index contributed by atoms with van der Waals surface area (Å²) in [7, 11) is 0. The predicted molar refractivity (Wildman–Crippen MR) is 24.8 cm³/mol. The first-order valence-electron chi connectivity index (χ1n) is 2.05. The molecule has 0 saturated carbocycles. The van der Waals surface area contributed by atoms with Gasteiger partial charge in [0.05, 0.1) is 0 Å². The third-order valence-corrected chi connectivity index (χ3v) is 0.812. The van der Waals surface area contributed by atoms with Gasteiger partial charge in [-0.3, -0.25) is 0 Å². The van der Waals surface area contributed by atoms with E-state index in [1.54, 1.807) is 0 Å². The average molecular weight is 115 g/mol. The quantitative estimate of drug-likeness (QED) is 0.431. The van der Waals surface area contributed by atoms with E-state index in [0.29, 0.717) is 4.73 Å². The molecule has 0 bridgehead atoms. The van der Waals surface area contributed by atoms with E-state index in [2.05, 4.69) is 5.10 Å². The summed E-state index contributed by atoms with van der Waals surface area (Å²) in [5.41, 5.74) is -0.609. The normalized spacial score (nSPS) is 9.62. The number of aromatic nitrogens is 3. The number of H-pyrrole nitrogens is 1. The van der Waals surface area contributed by atoms with Gasteiger partial charge in [-0.25, -0.2) is 9.89 Å². The maximum Gasteiger partial charge on any atom is 0.376 e. The van der Waals surface area contributed by atoms with Crippen LogP contribution < -0.4 is 5.69 Å². The molecule has 0 aliphatic carbocycles. The maximum absolute atomic E-state index is 10.2. The van der Waals surface area contributed by atoms with E-state index in [9.17, 15) is 4.79 Å². The molecule has 2 N–H and O–H groups in total. The minimum atomic E-state index is -0.609. The van der Waals surface area contributed by atoms with Gasteiger partial charge < -0.3 is 5.21 Å². The van der Waals surface area contributed by atoms with Crippen molar-refractivity contribution < 1.29 is 5.21 Å². The molecule has 1 rings (SSSR count). The van der Waals surface area contributed by atoms with Crippen LogP contribution in [0.1, 0.15) is 5.82 Å². The first-order valence-corrected chi connectivity index (χ1v) is 2.05. The maximum atomic E-state index is 10.2. The number of rotatable bonds is 0. The Balaban J connectivity index is 3.41. The highest BCUT2D eigenvalue weighted by atomic mass is 16.5. The zero-order chi connectivity index (χ0) is 6.15. The van der Waals surface area contributed by atoms with Crippen molar-refractivity contribution in [3.05, 3.63) is 16.3 Å². The van der Waals surface area contributed by atoms with Crippen LogP contribution in [0.3, 0.4) is 0 Å². The molecule has 1 aromatic rings. The molecule has 0 saturated heterocycles. The molecular formula is C3H5N3O2. The Morgan fingerprint density at radius 2 is 2.50 bits per heavy atom. The van der Waals surface area contributed by atoms with E-state index in [0.717, 1.165) is 0 Å². The molecule has 0 radical (unpaired) electrons. The van der Waals surface area contributed by atoms with Gasteiger partial charge in [0.25, 0.3) is 0 Å². The highest BCUT2D eigenvalue weighted by molar-refractivity contribution is 4.75. The van der Waals surface area contributed by atoms with Gasteiger partial charge in [-0.1, -0.05) is 0 Å². The summed E-state index contributed by atoms with van der Waals surface area (Å²) < 4.78 is 0.444. The van der Waals surface area contributed by atoms with Crippen LogP contribution in [-0.4, -0.2) is 20.1 Å². The summed E-state index contributed by atoms with van der Waals surface area (Å²) in [5, 5.41) is 14.0. The zero-order valence-corrected chi connectivity index (χ0v) is 4.25. The highest BCUT2D eigenvalue weighted by Crippen LogP contribution is 1.76. The van der Waals surface area contributed by atoms with Crippen LogP contribution >= 0.6 is 0 Å². The second-order valence-corrected chi connectivity index (χ2v) is 1.39. The first kappa shape index (κ1) is 4.89. The van der Waals surface area contributed by atoms with Crippen LogP contribution in [0.15, 0.2) is 4.79 Å². The zero-order valence-electron chi connectivity index (χ0n) is 4.25. The largest absolute Gasteiger partial charge is 0.422 e. The number of hydrogen-bond acceptors (Lipinski definition) is 3. The van der Waals surface area contributed by atoms with Crippen molar-refractivity contribution >= 4 is 0 Å². The van der Waals surface area contributed by atoms with Crippen molar-refractivity contribution in [3.8, 4) is 0 Å². The minimum Gasteiger partial charge on any atom is -0.422 e. The van der Waals surface area contributed by atoms with E-state index in [4.69, 9.17) is 5.21 Å². The van der Waals surface area contributed by atoms with E-state index >= 15 is 0 Å². The SMILES string of the molecule is Cc1n[nH]c(=O)n1O. The predicted octanol–water partition coefficient (Wildman–Crippen LogP) is -0.883. The summed E-state index contributed by atoms with van der Waals surface area (Å²) in [4.78, 5) is 10.2. The molecule has 0 aliphatic heterocycles. The Labute approximate surface area is 44.5 Å². The van der Waals surface area contributed by atoms with Crippen LogP contribution in [0, 0.1) is 6.92 Å². The van der Waals surface area contributed by atoms with Gasteiger partial charge in [0, 0.05) is 0 Å². The molecule has 5 heteroatoms. The van der Waals surface area contributed by atoms with Crippen LogP contribution in [0.2, 0.25) is 0 Å². The van der Waals surface area contributed by atoms with E-state index in [-0.39, 0.29) is 5.82 Å². The van der Waals surface area contributed by atoms with Crippen molar-refractivity contribution in [2.24, 2.45) is 0 Å². The van der Waals surface area contributed by atoms with Crippen molar-refractivity contribution in [1.82, 2.24) is 14.9 Å².